The lowest BCUT2D eigenvalue weighted by Crippen LogP contribution is -2.43. The van der Waals surface area contributed by atoms with Crippen molar-refractivity contribution in [1.29, 1.82) is 0 Å². The highest BCUT2D eigenvalue weighted by atomic mass is 32.2. The van der Waals surface area contributed by atoms with Crippen molar-refractivity contribution in [3.8, 4) is 0 Å². The van der Waals surface area contributed by atoms with Crippen LogP contribution in [0.4, 0.5) is 5.69 Å². The molecule has 0 spiro atoms. The van der Waals surface area contributed by atoms with E-state index in [1.165, 1.54) is 36.0 Å². The molecule has 2 aromatic carbocycles. The van der Waals surface area contributed by atoms with Crippen LogP contribution in [0.5, 0.6) is 0 Å². The predicted octanol–water partition coefficient (Wildman–Crippen LogP) is 1.37. The molecule has 0 aliphatic carbocycles. The van der Waals surface area contributed by atoms with Gasteiger partial charge in [-0.05, 0) is 54.8 Å². The molecule has 0 aliphatic heterocycles. The van der Waals surface area contributed by atoms with Gasteiger partial charge in [-0.25, -0.2) is 18.4 Å². The van der Waals surface area contributed by atoms with E-state index in [0.29, 0.717) is 23.4 Å². The fourth-order valence-corrected chi connectivity index (χ4v) is 3.46. The number of rotatable bonds is 10. The van der Waals surface area contributed by atoms with E-state index in [-0.39, 0.29) is 4.90 Å². The van der Waals surface area contributed by atoms with Gasteiger partial charge in [0.25, 0.3) is 11.8 Å². The Balaban J connectivity index is 1.92. The monoisotopic (exact) mass is 465 g/mol. The van der Waals surface area contributed by atoms with Crippen molar-refractivity contribution in [2.75, 3.05) is 23.9 Å². The molecule has 2 amide bonds. The van der Waals surface area contributed by atoms with Gasteiger partial charge < -0.3 is 15.4 Å². The molecule has 1 atom stereocenters. The number of hydrogen-bond acceptors (Lipinski definition) is 7. The van der Waals surface area contributed by atoms with Crippen molar-refractivity contribution in [2.24, 2.45) is 5.14 Å². The third kappa shape index (κ3) is 8.04. The lowest BCUT2D eigenvalue weighted by atomic mass is 10.1. The minimum Gasteiger partial charge on any atom is -0.454 e. The van der Waals surface area contributed by atoms with Gasteiger partial charge in [0, 0.05) is 11.3 Å². The summed E-state index contributed by atoms with van der Waals surface area (Å²) in [7, 11) is -3.84. The van der Waals surface area contributed by atoms with Gasteiger partial charge in [0.05, 0.1) is 4.90 Å². The Kier molecular flexibility index (Phi) is 9.03. The number of thioether (sulfide) groups is 1. The summed E-state index contributed by atoms with van der Waals surface area (Å²) in [6, 6.07) is 12.8. The molecular weight excluding hydrogens is 442 g/mol. The zero-order valence-electron chi connectivity index (χ0n) is 16.7. The number of primary sulfonamides is 1. The van der Waals surface area contributed by atoms with Gasteiger partial charge in [0.15, 0.2) is 6.61 Å². The second-order valence-electron chi connectivity index (χ2n) is 6.40. The molecule has 9 nitrogen and oxygen atoms in total. The van der Waals surface area contributed by atoms with Crippen molar-refractivity contribution in [3.63, 3.8) is 0 Å². The largest absolute Gasteiger partial charge is 0.454 e. The molecule has 166 valence electrons. The molecule has 11 heteroatoms. The molecular formula is C20H23N3O6S2. The molecule has 0 radical (unpaired) electrons. The SMILES string of the molecule is CSCC[C@H](NC(=O)c1ccccc1)C(=O)OCC(=O)Nc1ccc(S(N)(=O)=O)cc1. The van der Waals surface area contributed by atoms with Crippen LogP contribution >= 0.6 is 11.8 Å². The average molecular weight is 466 g/mol. The number of sulfonamides is 1. The summed E-state index contributed by atoms with van der Waals surface area (Å²) < 4.78 is 27.6. The van der Waals surface area contributed by atoms with Gasteiger partial charge in [0.1, 0.15) is 6.04 Å². The maximum absolute atomic E-state index is 12.4. The molecule has 2 aromatic rings. The quantitative estimate of drug-likeness (QED) is 0.449. The highest BCUT2D eigenvalue weighted by molar-refractivity contribution is 7.98. The topological polar surface area (TPSA) is 145 Å². The number of amides is 2. The van der Waals surface area contributed by atoms with Crippen LogP contribution in [-0.4, -0.2) is 50.9 Å². The second-order valence-corrected chi connectivity index (χ2v) is 8.95. The number of esters is 1. The van der Waals surface area contributed by atoms with Crippen LogP contribution in [-0.2, 0) is 24.3 Å². The van der Waals surface area contributed by atoms with Crippen molar-refractivity contribution >= 4 is 45.3 Å². The minimum absolute atomic E-state index is 0.0947. The number of nitrogens with one attached hydrogen (secondary N) is 2. The molecule has 0 fully saturated rings. The van der Waals surface area contributed by atoms with Gasteiger partial charge in [0.2, 0.25) is 10.0 Å². The van der Waals surface area contributed by atoms with E-state index in [1.54, 1.807) is 30.3 Å². The fraction of sp³-hybridized carbons (Fsp3) is 0.250. The molecule has 0 saturated carbocycles. The van der Waals surface area contributed by atoms with E-state index >= 15 is 0 Å². The van der Waals surface area contributed by atoms with Crippen molar-refractivity contribution in [3.05, 3.63) is 60.2 Å². The minimum atomic E-state index is -3.84. The van der Waals surface area contributed by atoms with E-state index < -0.39 is 40.5 Å². The maximum atomic E-state index is 12.4. The average Bonchev–Trinajstić information content (AvgIpc) is 2.75. The Bertz CT molecular complexity index is 1010. The van der Waals surface area contributed by atoms with E-state index in [4.69, 9.17) is 9.88 Å². The van der Waals surface area contributed by atoms with Gasteiger partial charge in [-0.2, -0.15) is 11.8 Å². The van der Waals surface area contributed by atoms with Gasteiger partial charge in [-0.3, -0.25) is 9.59 Å². The molecule has 0 saturated heterocycles. The first-order valence-electron chi connectivity index (χ1n) is 9.15. The number of hydrogen-bond donors (Lipinski definition) is 3. The van der Waals surface area contributed by atoms with E-state index in [1.807, 2.05) is 6.26 Å². The Labute approximate surface area is 184 Å². The van der Waals surface area contributed by atoms with Gasteiger partial charge in [-0.15, -0.1) is 0 Å². The van der Waals surface area contributed by atoms with Crippen LogP contribution in [0.25, 0.3) is 0 Å². The van der Waals surface area contributed by atoms with Gasteiger partial charge in [-0.1, -0.05) is 18.2 Å². The van der Waals surface area contributed by atoms with E-state index in [9.17, 15) is 22.8 Å². The lowest BCUT2D eigenvalue weighted by Gasteiger charge is -2.17. The number of anilines is 1. The summed E-state index contributed by atoms with van der Waals surface area (Å²) in [5.74, 6) is -1.15. The highest BCUT2D eigenvalue weighted by Gasteiger charge is 2.23. The summed E-state index contributed by atoms with van der Waals surface area (Å²) >= 11 is 1.51. The first-order valence-corrected chi connectivity index (χ1v) is 12.1. The van der Waals surface area contributed by atoms with Crippen molar-refractivity contribution < 1.29 is 27.5 Å². The van der Waals surface area contributed by atoms with Crippen molar-refractivity contribution in [2.45, 2.75) is 17.4 Å². The summed E-state index contributed by atoms with van der Waals surface area (Å²) in [4.78, 5) is 36.7. The zero-order valence-corrected chi connectivity index (χ0v) is 18.4. The normalized spacial score (nSPS) is 11.9. The Hall–Kier alpha value is -2.89. The summed E-state index contributed by atoms with van der Waals surface area (Å²) in [5, 5.41) is 10.1. The first kappa shape index (κ1) is 24.4. The van der Waals surface area contributed by atoms with Crippen molar-refractivity contribution in [1.82, 2.24) is 5.32 Å². The lowest BCUT2D eigenvalue weighted by molar-refractivity contribution is -0.149. The van der Waals surface area contributed by atoms with Crippen LogP contribution in [0.2, 0.25) is 0 Å². The third-order valence-corrected chi connectivity index (χ3v) is 5.62. The molecule has 0 aliphatic rings. The number of benzene rings is 2. The summed E-state index contributed by atoms with van der Waals surface area (Å²) in [5.41, 5.74) is 0.717. The second kappa shape index (κ2) is 11.5. The van der Waals surface area contributed by atoms with Crippen LogP contribution in [0.3, 0.4) is 0 Å². The van der Waals surface area contributed by atoms with Crippen LogP contribution in [0.1, 0.15) is 16.8 Å². The van der Waals surface area contributed by atoms with Crippen LogP contribution < -0.4 is 15.8 Å². The van der Waals surface area contributed by atoms with E-state index in [2.05, 4.69) is 10.6 Å². The van der Waals surface area contributed by atoms with E-state index in [0.717, 1.165) is 0 Å². The number of ether oxygens (including phenoxy) is 1. The number of carbonyl (C=O) groups is 3. The third-order valence-electron chi connectivity index (χ3n) is 4.05. The predicted molar refractivity (Wildman–Crippen MR) is 118 cm³/mol. The van der Waals surface area contributed by atoms with Crippen LogP contribution in [0.15, 0.2) is 59.5 Å². The maximum Gasteiger partial charge on any atom is 0.329 e. The molecule has 0 bridgehead atoms. The number of nitrogens with two attached hydrogens (primary N) is 1. The number of carbonyl (C=O) groups excluding carboxylic acids is 3. The zero-order chi connectivity index (χ0) is 22.9. The Morgan fingerprint density at radius 3 is 2.29 bits per heavy atom. The molecule has 4 N–H and O–H groups in total. The smallest absolute Gasteiger partial charge is 0.329 e. The molecule has 31 heavy (non-hydrogen) atoms. The molecule has 0 aromatic heterocycles. The summed E-state index contributed by atoms with van der Waals surface area (Å²) in [6.07, 6.45) is 2.21. The fourth-order valence-electron chi connectivity index (χ4n) is 2.48. The van der Waals surface area contributed by atoms with Gasteiger partial charge >= 0.3 is 5.97 Å². The Morgan fingerprint density at radius 1 is 1.06 bits per heavy atom. The Morgan fingerprint density at radius 2 is 1.71 bits per heavy atom. The first-order chi connectivity index (χ1) is 14.7. The summed E-state index contributed by atoms with van der Waals surface area (Å²) in [6.45, 7) is -0.563. The van der Waals surface area contributed by atoms with Crippen LogP contribution in [0, 0.1) is 0 Å². The molecule has 0 heterocycles. The molecule has 0 unspecified atom stereocenters. The molecule has 2 rings (SSSR count). The highest BCUT2D eigenvalue weighted by Crippen LogP contribution is 2.13. The standard InChI is InChI=1S/C20H23N3O6S2/c1-30-12-11-17(23-19(25)14-5-3-2-4-6-14)20(26)29-13-18(24)22-15-7-9-16(10-8-15)31(21,27)28/h2-10,17H,11-13H2,1H3,(H,22,24)(H,23,25)(H2,21,27,28)/t17-/m0/s1.